The SMILES string of the molecule is C=C(C)NC1(C(=O)O)CC1. The van der Waals surface area contributed by atoms with E-state index >= 15 is 0 Å². The van der Waals surface area contributed by atoms with Crippen LogP contribution in [0.5, 0.6) is 0 Å². The Hall–Kier alpha value is -0.990. The summed E-state index contributed by atoms with van der Waals surface area (Å²) in [5, 5.41) is 11.5. The number of allylic oxidation sites excluding steroid dienone is 1. The van der Waals surface area contributed by atoms with Gasteiger partial charge in [-0.05, 0) is 19.8 Å². The maximum atomic E-state index is 10.5. The van der Waals surface area contributed by atoms with E-state index in [1.807, 2.05) is 0 Å². The van der Waals surface area contributed by atoms with E-state index in [1.54, 1.807) is 6.92 Å². The third-order valence-electron chi connectivity index (χ3n) is 1.61. The molecule has 0 heterocycles. The van der Waals surface area contributed by atoms with Crippen LogP contribution < -0.4 is 5.32 Å². The predicted molar refractivity (Wildman–Crippen MR) is 37.6 cm³/mol. The molecule has 1 aliphatic carbocycles. The summed E-state index contributed by atoms with van der Waals surface area (Å²) in [4.78, 5) is 10.5. The van der Waals surface area contributed by atoms with Crippen LogP contribution in [-0.2, 0) is 4.79 Å². The van der Waals surface area contributed by atoms with Crippen LogP contribution >= 0.6 is 0 Å². The highest BCUT2D eigenvalue weighted by Crippen LogP contribution is 2.36. The van der Waals surface area contributed by atoms with E-state index in [2.05, 4.69) is 11.9 Å². The predicted octanol–water partition coefficient (Wildman–Crippen LogP) is 0.727. The van der Waals surface area contributed by atoms with E-state index in [0.717, 1.165) is 18.5 Å². The van der Waals surface area contributed by atoms with E-state index in [9.17, 15) is 4.79 Å². The van der Waals surface area contributed by atoms with Gasteiger partial charge in [-0.1, -0.05) is 6.58 Å². The molecule has 56 valence electrons. The van der Waals surface area contributed by atoms with Gasteiger partial charge in [0.1, 0.15) is 5.54 Å². The molecule has 1 fully saturated rings. The molecule has 1 rings (SSSR count). The van der Waals surface area contributed by atoms with Crippen LogP contribution in [0.2, 0.25) is 0 Å². The Morgan fingerprint density at radius 1 is 1.70 bits per heavy atom. The van der Waals surface area contributed by atoms with Crippen molar-refractivity contribution in [3.05, 3.63) is 12.3 Å². The molecule has 0 aromatic carbocycles. The van der Waals surface area contributed by atoms with Gasteiger partial charge < -0.3 is 10.4 Å². The Morgan fingerprint density at radius 2 is 2.20 bits per heavy atom. The fraction of sp³-hybridized carbons (Fsp3) is 0.571. The van der Waals surface area contributed by atoms with Gasteiger partial charge in [0, 0.05) is 5.70 Å². The Balaban J connectivity index is 2.53. The van der Waals surface area contributed by atoms with Crippen molar-refractivity contribution in [3.8, 4) is 0 Å². The monoisotopic (exact) mass is 141 g/mol. The summed E-state index contributed by atoms with van der Waals surface area (Å²) in [5.41, 5.74) is 0.0612. The van der Waals surface area contributed by atoms with E-state index < -0.39 is 11.5 Å². The van der Waals surface area contributed by atoms with E-state index in [4.69, 9.17) is 5.11 Å². The summed E-state index contributed by atoms with van der Waals surface area (Å²) in [5.74, 6) is -0.768. The summed E-state index contributed by atoms with van der Waals surface area (Å²) >= 11 is 0. The van der Waals surface area contributed by atoms with Gasteiger partial charge in [-0.15, -0.1) is 0 Å². The molecule has 0 spiro atoms. The zero-order valence-electron chi connectivity index (χ0n) is 5.98. The number of hydrogen-bond acceptors (Lipinski definition) is 2. The molecule has 2 N–H and O–H groups in total. The van der Waals surface area contributed by atoms with Crippen molar-refractivity contribution in [1.82, 2.24) is 5.32 Å². The van der Waals surface area contributed by atoms with Gasteiger partial charge in [-0.3, -0.25) is 0 Å². The second-order valence-corrected chi connectivity index (χ2v) is 2.79. The van der Waals surface area contributed by atoms with Gasteiger partial charge >= 0.3 is 5.97 Å². The lowest BCUT2D eigenvalue weighted by Crippen LogP contribution is -2.37. The standard InChI is InChI=1S/C7H11NO2/c1-5(2)8-7(3-4-7)6(9)10/h8H,1,3-4H2,2H3,(H,9,10). The molecular weight excluding hydrogens is 130 g/mol. The Bertz CT molecular complexity index is 182. The maximum Gasteiger partial charge on any atom is 0.329 e. The quantitative estimate of drug-likeness (QED) is 0.609. The first-order chi connectivity index (χ1) is 4.57. The molecular formula is C7H11NO2. The molecule has 10 heavy (non-hydrogen) atoms. The number of carbonyl (C=O) groups is 1. The number of carboxylic acids is 1. The number of hydrogen-bond donors (Lipinski definition) is 2. The van der Waals surface area contributed by atoms with Gasteiger partial charge in [0.05, 0.1) is 0 Å². The summed E-state index contributed by atoms with van der Waals surface area (Å²) in [6.45, 7) is 5.36. The molecule has 0 bridgehead atoms. The lowest BCUT2D eigenvalue weighted by Gasteiger charge is -2.12. The summed E-state index contributed by atoms with van der Waals surface area (Å²) < 4.78 is 0. The third kappa shape index (κ3) is 1.12. The average Bonchev–Trinajstić information content (AvgIpc) is 2.46. The normalized spacial score (nSPS) is 19.7. The van der Waals surface area contributed by atoms with Gasteiger partial charge in [0.2, 0.25) is 0 Å². The molecule has 3 nitrogen and oxygen atoms in total. The zero-order valence-corrected chi connectivity index (χ0v) is 5.98. The molecule has 1 aliphatic rings. The zero-order chi connectivity index (χ0) is 7.78. The second-order valence-electron chi connectivity index (χ2n) is 2.79. The molecule has 0 atom stereocenters. The lowest BCUT2D eigenvalue weighted by molar-refractivity contribution is -0.140. The van der Waals surface area contributed by atoms with Crippen molar-refractivity contribution < 1.29 is 9.90 Å². The number of nitrogens with one attached hydrogen (secondary N) is 1. The van der Waals surface area contributed by atoms with Crippen LogP contribution in [0.1, 0.15) is 19.8 Å². The van der Waals surface area contributed by atoms with E-state index in [0.29, 0.717) is 0 Å². The first-order valence-corrected chi connectivity index (χ1v) is 3.24. The smallest absolute Gasteiger partial charge is 0.329 e. The minimum atomic E-state index is -0.768. The van der Waals surface area contributed by atoms with Crippen molar-refractivity contribution in [1.29, 1.82) is 0 Å². The number of rotatable bonds is 3. The Labute approximate surface area is 59.7 Å². The van der Waals surface area contributed by atoms with Crippen molar-refractivity contribution >= 4 is 5.97 Å². The lowest BCUT2D eigenvalue weighted by atomic mass is 10.2. The van der Waals surface area contributed by atoms with Gasteiger partial charge in [-0.25, -0.2) is 4.79 Å². The van der Waals surface area contributed by atoms with Gasteiger partial charge in [-0.2, -0.15) is 0 Å². The van der Waals surface area contributed by atoms with E-state index in [1.165, 1.54) is 0 Å². The van der Waals surface area contributed by atoms with Crippen molar-refractivity contribution in [2.45, 2.75) is 25.3 Å². The molecule has 3 heteroatoms. The molecule has 0 aromatic rings. The minimum Gasteiger partial charge on any atom is -0.480 e. The minimum absolute atomic E-state index is 0.661. The first kappa shape index (κ1) is 7.12. The highest BCUT2D eigenvalue weighted by molar-refractivity contribution is 5.82. The maximum absolute atomic E-state index is 10.5. The summed E-state index contributed by atoms with van der Waals surface area (Å²) in [7, 11) is 0. The number of carboxylic acid groups (broad SMARTS) is 1. The average molecular weight is 141 g/mol. The number of aliphatic carboxylic acids is 1. The molecule has 0 unspecified atom stereocenters. The van der Waals surface area contributed by atoms with Crippen LogP contribution in [0.3, 0.4) is 0 Å². The molecule has 0 saturated heterocycles. The molecule has 1 saturated carbocycles. The Kier molecular flexibility index (Phi) is 1.43. The molecule has 0 aromatic heterocycles. The largest absolute Gasteiger partial charge is 0.480 e. The van der Waals surface area contributed by atoms with Crippen molar-refractivity contribution in [2.24, 2.45) is 0 Å². The van der Waals surface area contributed by atoms with Crippen molar-refractivity contribution in [2.75, 3.05) is 0 Å². The van der Waals surface area contributed by atoms with E-state index in [-0.39, 0.29) is 0 Å². The van der Waals surface area contributed by atoms with Crippen molar-refractivity contribution in [3.63, 3.8) is 0 Å². The summed E-state index contributed by atoms with van der Waals surface area (Å²) in [6, 6.07) is 0. The summed E-state index contributed by atoms with van der Waals surface area (Å²) in [6.07, 6.45) is 1.43. The first-order valence-electron chi connectivity index (χ1n) is 3.24. The fourth-order valence-corrected chi connectivity index (χ4v) is 0.926. The van der Waals surface area contributed by atoms with Crippen LogP contribution in [0, 0.1) is 0 Å². The van der Waals surface area contributed by atoms with Gasteiger partial charge in [0.25, 0.3) is 0 Å². The highest BCUT2D eigenvalue weighted by Gasteiger charge is 2.50. The van der Waals surface area contributed by atoms with Crippen LogP contribution in [-0.4, -0.2) is 16.6 Å². The van der Waals surface area contributed by atoms with Crippen LogP contribution in [0.25, 0.3) is 0 Å². The molecule has 0 amide bonds. The highest BCUT2D eigenvalue weighted by atomic mass is 16.4. The van der Waals surface area contributed by atoms with Crippen LogP contribution in [0.15, 0.2) is 12.3 Å². The van der Waals surface area contributed by atoms with Gasteiger partial charge in [0.15, 0.2) is 0 Å². The fourth-order valence-electron chi connectivity index (χ4n) is 0.926. The molecule has 0 aliphatic heterocycles. The Morgan fingerprint density at radius 3 is 2.30 bits per heavy atom. The second kappa shape index (κ2) is 2.01. The molecule has 0 radical (unpaired) electrons. The third-order valence-corrected chi connectivity index (χ3v) is 1.61. The van der Waals surface area contributed by atoms with Crippen LogP contribution in [0.4, 0.5) is 0 Å². The topological polar surface area (TPSA) is 49.3 Å².